The molecule has 0 bridgehead atoms. The van der Waals surface area contributed by atoms with Crippen molar-refractivity contribution in [3.05, 3.63) is 29.6 Å². The molecule has 13 heavy (non-hydrogen) atoms. The second-order valence-corrected chi connectivity index (χ2v) is 5.06. The first-order valence-electron chi connectivity index (χ1n) is 3.11. The van der Waals surface area contributed by atoms with Crippen molar-refractivity contribution < 1.29 is 17.2 Å². The molecule has 0 saturated heterocycles. The van der Waals surface area contributed by atoms with E-state index in [1.165, 1.54) is 0 Å². The van der Waals surface area contributed by atoms with Gasteiger partial charge < -0.3 is 0 Å². The summed E-state index contributed by atoms with van der Waals surface area (Å²) in [6.07, 6.45) is 0.604. The summed E-state index contributed by atoms with van der Waals surface area (Å²) in [6.45, 7) is 0. The van der Waals surface area contributed by atoms with Crippen LogP contribution in [0.15, 0.2) is 12.3 Å². The molecule has 0 radical (unpaired) electrons. The van der Waals surface area contributed by atoms with Crippen molar-refractivity contribution in [1.82, 2.24) is 4.98 Å². The van der Waals surface area contributed by atoms with E-state index in [-0.39, 0.29) is 5.56 Å². The van der Waals surface area contributed by atoms with Gasteiger partial charge in [-0.15, -0.1) is 0 Å². The largest absolute Gasteiger partial charge is 0.236 e. The van der Waals surface area contributed by atoms with Crippen molar-refractivity contribution in [2.24, 2.45) is 0 Å². The highest BCUT2D eigenvalue weighted by Crippen LogP contribution is 2.13. The van der Waals surface area contributed by atoms with Gasteiger partial charge in [0.05, 0.1) is 11.9 Å². The van der Waals surface area contributed by atoms with Crippen molar-refractivity contribution in [3.8, 4) is 0 Å². The van der Waals surface area contributed by atoms with E-state index in [1.807, 2.05) is 0 Å². The fraction of sp³-hybridized carbons (Fsp3) is 0.167. The standard InChI is InChI=1S/C6H4ClF2NO2S/c7-13(11,12)3-4-1-6(9)10-2-5(4)8/h1-2H,3H2. The van der Waals surface area contributed by atoms with Gasteiger partial charge in [-0.3, -0.25) is 0 Å². The van der Waals surface area contributed by atoms with Crippen molar-refractivity contribution in [2.75, 3.05) is 0 Å². The predicted molar refractivity (Wildman–Crippen MR) is 42.6 cm³/mol. The van der Waals surface area contributed by atoms with E-state index < -0.39 is 26.6 Å². The molecule has 1 aromatic heterocycles. The number of hydrogen-bond acceptors (Lipinski definition) is 3. The highest BCUT2D eigenvalue weighted by molar-refractivity contribution is 8.13. The smallest absolute Gasteiger partial charge is 0.225 e. The van der Waals surface area contributed by atoms with Crippen LogP contribution in [-0.4, -0.2) is 13.4 Å². The molecular formula is C6H4ClF2NO2S. The van der Waals surface area contributed by atoms with Gasteiger partial charge in [0.2, 0.25) is 15.0 Å². The highest BCUT2D eigenvalue weighted by Gasteiger charge is 2.12. The number of rotatable bonds is 2. The van der Waals surface area contributed by atoms with Crippen LogP contribution >= 0.6 is 10.7 Å². The van der Waals surface area contributed by atoms with Crippen LogP contribution < -0.4 is 0 Å². The van der Waals surface area contributed by atoms with E-state index in [1.54, 1.807) is 0 Å². The predicted octanol–water partition coefficient (Wildman–Crippen LogP) is 1.43. The monoisotopic (exact) mass is 227 g/mol. The summed E-state index contributed by atoms with van der Waals surface area (Å²) in [4.78, 5) is 2.99. The van der Waals surface area contributed by atoms with Crippen LogP contribution in [0.5, 0.6) is 0 Å². The summed E-state index contributed by atoms with van der Waals surface area (Å²) in [5.74, 6) is -2.60. The van der Waals surface area contributed by atoms with E-state index in [0.29, 0.717) is 12.3 Å². The summed E-state index contributed by atoms with van der Waals surface area (Å²) in [6, 6.07) is 0.690. The fourth-order valence-electron chi connectivity index (χ4n) is 0.748. The average Bonchev–Trinajstić information content (AvgIpc) is 1.94. The Balaban J connectivity index is 3.08. The minimum absolute atomic E-state index is 0.331. The third-order valence-corrected chi connectivity index (χ3v) is 2.21. The first-order chi connectivity index (χ1) is 5.88. The minimum Gasteiger partial charge on any atom is -0.225 e. The Bertz CT molecular complexity index is 421. The molecule has 72 valence electrons. The average molecular weight is 228 g/mol. The normalized spacial score (nSPS) is 11.6. The van der Waals surface area contributed by atoms with Crippen LogP contribution in [0.2, 0.25) is 0 Å². The maximum Gasteiger partial charge on any atom is 0.236 e. The third kappa shape index (κ3) is 3.23. The van der Waals surface area contributed by atoms with Crippen molar-refractivity contribution in [1.29, 1.82) is 0 Å². The lowest BCUT2D eigenvalue weighted by atomic mass is 10.3. The van der Waals surface area contributed by atoms with Crippen LogP contribution in [-0.2, 0) is 14.8 Å². The van der Waals surface area contributed by atoms with Gasteiger partial charge in [-0.1, -0.05) is 0 Å². The van der Waals surface area contributed by atoms with Crippen LogP contribution in [0.1, 0.15) is 5.56 Å². The number of hydrogen-bond donors (Lipinski definition) is 0. The Kier molecular flexibility index (Phi) is 2.82. The van der Waals surface area contributed by atoms with Gasteiger partial charge in [0.1, 0.15) is 5.82 Å². The Hall–Kier alpha value is -0.750. The lowest BCUT2D eigenvalue weighted by molar-refractivity contribution is 0.551. The molecule has 3 nitrogen and oxygen atoms in total. The van der Waals surface area contributed by atoms with Crippen LogP contribution in [0.4, 0.5) is 8.78 Å². The first-order valence-corrected chi connectivity index (χ1v) is 5.58. The molecule has 0 atom stereocenters. The third-order valence-electron chi connectivity index (χ3n) is 1.23. The van der Waals surface area contributed by atoms with Crippen LogP contribution in [0, 0.1) is 11.8 Å². The zero-order valence-electron chi connectivity index (χ0n) is 6.17. The summed E-state index contributed by atoms with van der Waals surface area (Å²) < 4.78 is 46.2. The second-order valence-electron chi connectivity index (χ2n) is 2.28. The quantitative estimate of drug-likeness (QED) is 0.567. The van der Waals surface area contributed by atoms with E-state index in [9.17, 15) is 17.2 Å². The minimum atomic E-state index is -3.88. The molecule has 0 amide bonds. The Morgan fingerprint density at radius 3 is 2.62 bits per heavy atom. The lowest BCUT2D eigenvalue weighted by Gasteiger charge is -1.98. The summed E-state index contributed by atoms with van der Waals surface area (Å²) in [7, 11) is 0.976. The molecule has 0 saturated carbocycles. The lowest BCUT2D eigenvalue weighted by Crippen LogP contribution is -2.00. The molecule has 0 aliphatic heterocycles. The van der Waals surface area contributed by atoms with Gasteiger partial charge >= 0.3 is 0 Å². The van der Waals surface area contributed by atoms with Gasteiger partial charge in [-0.25, -0.2) is 17.8 Å². The van der Waals surface area contributed by atoms with Crippen LogP contribution in [0.3, 0.4) is 0 Å². The molecule has 0 aromatic carbocycles. The molecule has 7 heteroatoms. The molecule has 0 fully saturated rings. The topological polar surface area (TPSA) is 47.0 Å². The Labute approximate surface area is 77.8 Å². The molecule has 0 aliphatic rings. The fourth-order valence-corrected chi connectivity index (χ4v) is 1.69. The van der Waals surface area contributed by atoms with Crippen molar-refractivity contribution in [3.63, 3.8) is 0 Å². The number of aromatic nitrogens is 1. The first kappa shape index (κ1) is 10.3. The zero-order chi connectivity index (χ0) is 10.1. The van der Waals surface area contributed by atoms with Crippen molar-refractivity contribution >= 4 is 19.7 Å². The maximum absolute atomic E-state index is 12.7. The van der Waals surface area contributed by atoms with E-state index in [4.69, 9.17) is 10.7 Å². The van der Waals surface area contributed by atoms with Gasteiger partial charge in [-0.05, 0) is 0 Å². The van der Waals surface area contributed by atoms with E-state index in [2.05, 4.69) is 4.98 Å². The van der Waals surface area contributed by atoms with Gasteiger partial charge in [0, 0.05) is 22.3 Å². The molecule has 1 aromatic rings. The van der Waals surface area contributed by atoms with Gasteiger partial charge in [-0.2, -0.15) is 4.39 Å². The number of halogens is 3. The SMILES string of the molecule is O=S(=O)(Cl)Cc1cc(F)ncc1F. The molecule has 0 spiro atoms. The molecule has 1 rings (SSSR count). The zero-order valence-corrected chi connectivity index (χ0v) is 7.74. The molecule has 0 N–H and O–H groups in total. The van der Waals surface area contributed by atoms with Gasteiger partial charge in [0.25, 0.3) is 0 Å². The Morgan fingerprint density at radius 1 is 1.46 bits per heavy atom. The highest BCUT2D eigenvalue weighted by atomic mass is 35.7. The summed E-state index contributed by atoms with van der Waals surface area (Å²) >= 11 is 0. The number of nitrogens with zero attached hydrogens (tertiary/aromatic N) is 1. The van der Waals surface area contributed by atoms with Crippen molar-refractivity contribution in [2.45, 2.75) is 5.75 Å². The van der Waals surface area contributed by atoms with Gasteiger partial charge in [0.15, 0.2) is 0 Å². The van der Waals surface area contributed by atoms with E-state index in [0.717, 1.165) is 0 Å². The number of pyridine rings is 1. The molecule has 0 aliphatic carbocycles. The summed E-state index contributed by atoms with van der Waals surface area (Å²) in [5, 5.41) is 0. The van der Waals surface area contributed by atoms with E-state index >= 15 is 0 Å². The second kappa shape index (κ2) is 3.55. The molecule has 0 unspecified atom stereocenters. The molecular weight excluding hydrogens is 224 g/mol. The summed E-state index contributed by atoms with van der Waals surface area (Å²) in [5.41, 5.74) is -0.331. The van der Waals surface area contributed by atoms with Crippen LogP contribution in [0.25, 0.3) is 0 Å². The Morgan fingerprint density at radius 2 is 2.08 bits per heavy atom. The molecule has 1 heterocycles. The maximum atomic E-state index is 12.7.